The number of amides is 2. The minimum atomic E-state index is -0.000848. The van der Waals surface area contributed by atoms with Crippen molar-refractivity contribution in [2.75, 3.05) is 19.6 Å². The van der Waals surface area contributed by atoms with Crippen LogP contribution in [0.1, 0.15) is 44.4 Å². The predicted octanol–water partition coefficient (Wildman–Crippen LogP) is 0.964. The van der Waals surface area contributed by atoms with Crippen molar-refractivity contribution in [1.29, 1.82) is 0 Å². The van der Waals surface area contributed by atoms with Crippen molar-refractivity contribution in [3.05, 3.63) is 22.4 Å². The number of hydrogen-bond acceptors (Lipinski definition) is 3. The van der Waals surface area contributed by atoms with Crippen LogP contribution in [-0.2, 0) is 16.1 Å². The quantitative estimate of drug-likeness (QED) is 0.653. The molecule has 1 unspecified atom stereocenters. The van der Waals surface area contributed by atoms with E-state index >= 15 is 0 Å². The fourth-order valence-corrected chi connectivity index (χ4v) is 3.86. The predicted molar refractivity (Wildman–Crippen MR) is 97.0 cm³/mol. The maximum absolute atomic E-state index is 12.3. The van der Waals surface area contributed by atoms with Crippen molar-refractivity contribution in [2.24, 2.45) is 5.92 Å². The van der Waals surface area contributed by atoms with Crippen molar-refractivity contribution in [3.8, 4) is 0 Å². The molecular formula is C18H30N3O2S+. The van der Waals surface area contributed by atoms with Gasteiger partial charge in [-0.1, -0.05) is 25.8 Å². The minimum Gasteiger partial charge on any atom is -0.348 e. The molecule has 2 amide bonds. The third kappa shape index (κ3) is 6.24. The molecular weight excluding hydrogens is 322 g/mol. The lowest BCUT2D eigenvalue weighted by Gasteiger charge is -2.29. The van der Waals surface area contributed by atoms with Gasteiger partial charge in [-0.05, 0) is 37.1 Å². The topological polar surface area (TPSA) is 62.6 Å². The molecule has 0 saturated heterocycles. The Morgan fingerprint density at radius 3 is 2.67 bits per heavy atom. The fraction of sp³-hybridized carbons (Fsp3) is 0.667. The highest BCUT2D eigenvalue weighted by Crippen LogP contribution is 2.23. The number of carbonyl (C=O) groups excluding carboxylic acids is 2. The number of nitrogens with one attached hydrogen (secondary N) is 3. The zero-order valence-electron chi connectivity index (χ0n) is 14.8. The molecule has 134 valence electrons. The first-order valence-electron chi connectivity index (χ1n) is 9.00. The van der Waals surface area contributed by atoms with Gasteiger partial charge in [0.25, 0.3) is 11.8 Å². The maximum Gasteiger partial charge on any atom is 0.275 e. The molecule has 0 bridgehead atoms. The number of thiophene rings is 1. The third-order valence-corrected chi connectivity index (χ3v) is 5.70. The molecule has 24 heavy (non-hydrogen) atoms. The van der Waals surface area contributed by atoms with Crippen LogP contribution in [0.2, 0.25) is 0 Å². The highest BCUT2D eigenvalue weighted by atomic mass is 32.1. The average Bonchev–Trinajstić information content (AvgIpc) is 3.08. The monoisotopic (exact) mass is 352 g/mol. The zero-order valence-corrected chi connectivity index (χ0v) is 15.6. The molecule has 1 aromatic heterocycles. The van der Waals surface area contributed by atoms with Crippen molar-refractivity contribution in [2.45, 2.75) is 52.1 Å². The second-order valence-electron chi connectivity index (χ2n) is 6.75. The summed E-state index contributed by atoms with van der Waals surface area (Å²) < 4.78 is 0. The summed E-state index contributed by atoms with van der Waals surface area (Å²) in [7, 11) is 0. The van der Waals surface area contributed by atoms with Gasteiger partial charge in [0, 0.05) is 10.9 Å². The van der Waals surface area contributed by atoms with Gasteiger partial charge in [0.2, 0.25) is 0 Å². The van der Waals surface area contributed by atoms with Crippen LogP contribution in [0.4, 0.5) is 0 Å². The molecule has 3 N–H and O–H groups in total. The Labute approximate surface area is 148 Å². The van der Waals surface area contributed by atoms with E-state index in [0.717, 1.165) is 22.7 Å². The Kier molecular flexibility index (Phi) is 7.72. The molecule has 0 spiro atoms. The van der Waals surface area contributed by atoms with E-state index in [4.69, 9.17) is 0 Å². The van der Waals surface area contributed by atoms with Crippen molar-refractivity contribution in [3.63, 3.8) is 0 Å². The Morgan fingerprint density at radius 2 is 2.00 bits per heavy atom. The number of hydrogen-bond donors (Lipinski definition) is 3. The first-order chi connectivity index (χ1) is 11.6. The lowest BCUT2D eigenvalue weighted by Crippen LogP contribution is -3.14. The average molecular weight is 353 g/mol. The molecule has 0 aliphatic heterocycles. The van der Waals surface area contributed by atoms with Gasteiger partial charge in [0.1, 0.15) is 0 Å². The van der Waals surface area contributed by atoms with Crippen molar-refractivity contribution >= 4 is 23.2 Å². The highest BCUT2D eigenvalue weighted by molar-refractivity contribution is 7.09. The molecule has 3 atom stereocenters. The molecule has 2 rings (SSSR count). The summed E-state index contributed by atoms with van der Waals surface area (Å²) in [6, 6.07) is 4.29. The summed E-state index contributed by atoms with van der Waals surface area (Å²) in [6.07, 6.45) is 4.74. The van der Waals surface area contributed by atoms with Crippen molar-refractivity contribution in [1.82, 2.24) is 10.6 Å². The first-order valence-corrected chi connectivity index (χ1v) is 9.88. The minimum absolute atomic E-state index is 0.000848. The second kappa shape index (κ2) is 9.79. The van der Waals surface area contributed by atoms with E-state index in [0.29, 0.717) is 31.6 Å². The van der Waals surface area contributed by atoms with Crippen LogP contribution < -0.4 is 15.5 Å². The van der Waals surface area contributed by atoms with Gasteiger partial charge in [-0.25, -0.2) is 0 Å². The number of quaternary nitrogens is 1. The number of carbonyl (C=O) groups is 2. The molecule has 1 aromatic rings. The van der Waals surface area contributed by atoms with Crippen LogP contribution in [0.3, 0.4) is 0 Å². The summed E-state index contributed by atoms with van der Waals surface area (Å²) in [4.78, 5) is 26.5. The van der Waals surface area contributed by atoms with E-state index in [-0.39, 0.29) is 11.8 Å². The van der Waals surface area contributed by atoms with E-state index in [1.54, 1.807) is 11.3 Å². The molecule has 0 radical (unpaired) electrons. The molecule has 6 heteroatoms. The molecule has 5 nitrogen and oxygen atoms in total. The SMILES string of the molecule is CC[NH+](CC(=O)NCc1cccs1)CC(=O)N[C@@H]1CCCC[C@@H]1C. The van der Waals surface area contributed by atoms with E-state index in [1.165, 1.54) is 19.3 Å². The van der Waals surface area contributed by atoms with Gasteiger partial charge in [0.15, 0.2) is 13.1 Å². The van der Waals surface area contributed by atoms with E-state index in [1.807, 2.05) is 24.4 Å². The van der Waals surface area contributed by atoms with Gasteiger partial charge in [0.05, 0.1) is 13.1 Å². The smallest absolute Gasteiger partial charge is 0.275 e. The maximum atomic E-state index is 12.3. The van der Waals surface area contributed by atoms with Gasteiger partial charge in [-0.3, -0.25) is 9.59 Å². The summed E-state index contributed by atoms with van der Waals surface area (Å²) in [6.45, 7) is 6.27. The standard InChI is InChI=1S/C18H29N3O2S/c1-3-21(12-17(22)19-11-15-8-6-10-24-15)13-18(23)20-16-9-5-4-7-14(16)2/h6,8,10,14,16H,3-5,7,9,11-13H2,1-2H3,(H,19,22)(H,20,23)/p+1/t14-,16+/m0/s1. The summed E-state index contributed by atoms with van der Waals surface area (Å²) in [5.41, 5.74) is 0. The fourth-order valence-electron chi connectivity index (χ4n) is 3.22. The Bertz CT molecular complexity index is 518. The van der Waals surface area contributed by atoms with E-state index in [9.17, 15) is 9.59 Å². The normalized spacial score (nSPS) is 21.9. The molecule has 1 aliphatic rings. The van der Waals surface area contributed by atoms with Crippen LogP contribution in [0.25, 0.3) is 0 Å². The molecule has 1 aliphatic carbocycles. The van der Waals surface area contributed by atoms with Gasteiger partial charge < -0.3 is 15.5 Å². The Balaban J connectivity index is 1.71. The van der Waals surface area contributed by atoms with Gasteiger partial charge in [-0.15, -0.1) is 11.3 Å². The highest BCUT2D eigenvalue weighted by Gasteiger charge is 2.24. The molecule has 1 heterocycles. The summed E-state index contributed by atoms with van der Waals surface area (Å²) >= 11 is 1.63. The third-order valence-electron chi connectivity index (χ3n) is 4.82. The van der Waals surface area contributed by atoms with Crippen LogP contribution in [0.5, 0.6) is 0 Å². The van der Waals surface area contributed by atoms with E-state index in [2.05, 4.69) is 17.6 Å². The van der Waals surface area contributed by atoms with Gasteiger partial charge in [-0.2, -0.15) is 0 Å². The first kappa shape index (κ1) is 18.9. The summed E-state index contributed by atoms with van der Waals surface area (Å²) in [5.74, 6) is 0.623. The Hall–Kier alpha value is -1.40. The summed E-state index contributed by atoms with van der Waals surface area (Å²) in [5, 5.41) is 8.10. The van der Waals surface area contributed by atoms with E-state index < -0.39 is 0 Å². The van der Waals surface area contributed by atoms with Crippen molar-refractivity contribution < 1.29 is 14.5 Å². The second-order valence-corrected chi connectivity index (χ2v) is 7.78. The van der Waals surface area contributed by atoms with Gasteiger partial charge >= 0.3 is 0 Å². The van der Waals surface area contributed by atoms with Crippen LogP contribution in [0.15, 0.2) is 17.5 Å². The van der Waals surface area contributed by atoms with Crippen LogP contribution in [-0.4, -0.2) is 37.5 Å². The lowest BCUT2D eigenvalue weighted by atomic mass is 9.86. The van der Waals surface area contributed by atoms with Crippen LogP contribution >= 0.6 is 11.3 Å². The molecule has 0 aromatic carbocycles. The lowest BCUT2D eigenvalue weighted by molar-refractivity contribution is -0.881. The number of likely N-dealkylation sites (N-methyl/N-ethyl adjacent to an activating group) is 1. The molecule has 1 saturated carbocycles. The largest absolute Gasteiger partial charge is 0.348 e. The van der Waals surface area contributed by atoms with Crippen LogP contribution in [0, 0.1) is 5.92 Å². The Morgan fingerprint density at radius 1 is 1.25 bits per heavy atom. The number of rotatable bonds is 8. The molecule has 1 fully saturated rings. The zero-order chi connectivity index (χ0) is 17.4.